The number of aryl methyl sites for hydroxylation is 1. The van der Waals surface area contributed by atoms with E-state index in [2.05, 4.69) is 36.2 Å². The zero-order chi connectivity index (χ0) is 13.7. The molecule has 108 valence electrons. The lowest BCUT2D eigenvalue weighted by atomic mass is 10.1. The van der Waals surface area contributed by atoms with Crippen LogP contribution in [0.15, 0.2) is 4.52 Å². The lowest BCUT2D eigenvalue weighted by molar-refractivity contribution is -0.123. The second-order valence-electron chi connectivity index (χ2n) is 5.50. The molecule has 6 heteroatoms. The fourth-order valence-corrected chi connectivity index (χ4v) is 2.11. The topological polar surface area (TPSA) is 69.4 Å². The molecule has 0 spiro atoms. The highest BCUT2D eigenvalue weighted by Gasteiger charge is 2.28. The molecule has 1 saturated heterocycles. The van der Waals surface area contributed by atoms with Crippen LogP contribution in [-0.4, -0.2) is 41.5 Å². The van der Waals surface area contributed by atoms with E-state index in [4.69, 9.17) is 14.0 Å². The van der Waals surface area contributed by atoms with Gasteiger partial charge in [-0.25, -0.2) is 0 Å². The highest BCUT2D eigenvalue weighted by molar-refractivity contribution is 4.85. The van der Waals surface area contributed by atoms with Crippen LogP contribution in [0.5, 0.6) is 0 Å². The van der Waals surface area contributed by atoms with Crippen molar-refractivity contribution in [3.8, 4) is 0 Å². The van der Waals surface area contributed by atoms with E-state index in [1.807, 2.05) is 0 Å². The Kier molecular flexibility index (Phi) is 4.90. The molecule has 2 rings (SSSR count). The van der Waals surface area contributed by atoms with Crippen molar-refractivity contribution in [1.82, 2.24) is 15.5 Å². The largest absolute Gasteiger partial charge is 0.369 e. The summed E-state index contributed by atoms with van der Waals surface area (Å²) < 4.78 is 16.6. The minimum Gasteiger partial charge on any atom is -0.369 e. The van der Waals surface area contributed by atoms with Crippen LogP contribution in [0.25, 0.3) is 0 Å². The molecule has 1 aromatic heterocycles. The van der Waals surface area contributed by atoms with E-state index in [1.165, 1.54) is 0 Å². The summed E-state index contributed by atoms with van der Waals surface area (Å²) in [6.07, 6.45) is 1.92. The van der Waals surface area contributed by atoms with Crippen LogP contribution >= 0.6 is 0 Å². The maximum absolute atomic E-state index is 5.90. The molecule has 0 radical (unpaired) electrons. The number of ether oxygens (including phenoxy) is 2. The Morgan fingerprint density at radius 1 is 1.47 bits per heavy atom. The molecule has 6 nitrogen and oxygen atoms in total. The van der Waals surface area contributed by atoms with Gasteiger partial charge in [0.1, 0.15) is 6.61 Å². The first-order chi connectivity index (χ1) is 9.09. The van der Waals surface area contributed by atoms with Gasteiger partial charge in [0, 0.05) is 19.5 Å². The third-order valence-corrected chi connectivity index (χ3v) is 2.92. The third-order valence-electron chi connectivity index (χ3n) is 2.92. The predicted octanol–water partition coefficient (Wildman–Crippen LogP) is 1.31. The molecule has 0 aliphatic carbocycles. The van der Waals surface area contributed by atoms with Gasteiger partial charge in [-0.15, -0.1) is 0 Å². The average Bonchev–Trinajstić information content (AvgIpc) is 2.76. The van der Waals surface area contributed by atoms with E-state index in [1.54, 1.807) is 0 Å². The first-order valence-corrected chi connectivity index (χ1v) is 6.87. The van der Waals surface area contributed by atoms with Gasteiger partial charge in [0.25, 0.3) is 5.89 Å². The Bertz CT molecular complexity index is 392. The Labute approximate surface area is 113 Å². The fraction of sp³-hybridized carbons (Fsp3) is 0.846. The molecule has 1 aromatic rings. The smallest absolute Gasteiger partial charge is 0.252 e. The number of aromatic nitrogens is 2. The summed E-state index contributed by atoms with van der Waals surface area (Å²) in [4.78, 5) is 4.25. The maximum Gasteiger partial charge on any atom is 0.252 e. The van der Waals surface area contributed by atoms with Crippen molar-refractivity contribution >= 4 is 0 Å². The van der Waals surface area contributed by atoms with Crippen molar-refractivity contribution in [2.24, 2.45) is 0 Å². The minimum atomic E-state index is -0.134. The van der Waals surface area contributed by atoms with Gasteiger partial charge in [0.15, 0.2) is 5.82 Å². The molecular formula is C13H23N3O3. The van der Waals surface area contributed by atoms with Crippen molar-refractivity contribution in [2.75, 3.05) is 19.7 Å². The van der Waals surface area contributed by atoms with Gasteiger partial charge in [-0.05, 0) is 20.3 Å². The van der Waals surface area contributed by atoms with Crippen LogP contribution in [0.4, 0.5) is 0 Å². The molecule has 0 amide bonds. The van der Waals surface area contributed by atoms with E-state index in [0.717, 1.165) is 31.8 Å². The quantitative estimate of drug-likeness (QED) is 0.839. The van der Waals surface area contributed by atoms with Crippen molar-refractivity contribution in [2.45, 2.75) is 51.9 Å². The van der Waals surface area contributed by atoms with E-state index in [0.29, 0.717) is 19.1 Å². The molecule has 1 atom stereocenters. The van der Waals surface area contributed by atoms with E-state index < -0.39 is 0 Å². The van der Waals surface area contributed by atoms with Gasteiger partial charge < -0.3 is 19.3 Å². The van der Waals surface area contributed by atoms with Gasteiger partial charge >= 0.3 is 0 Å². The molecule has 0 bridgehead atoms. The SMILES string of the molecule is CCCc1noc(COCC2CNCC(C)(C)O2)n1. The highest BCUT2D eigenvalue weighted by atomic mass is 16.6. The van der Waals surface area contributed by atoms with Gasteiger partial charge in [-0.3, -0.25) is 0 Å². The van der Waals surface area contributed by atoms with Gasteiger partial charge in [-0.1, -0.05) is 12.1 Å². The molecule has 1 aliphatic heterocycles. The Balaban J connectivity index is 1.70. The molecule has 1 aliphatic rings. The summed E-state index contributed by atoms with van der Waals surface area (Å²) in [5, 5.41) is 7.22. The van der Waals surface area contributed by atoms with Crippen molar-refractivity contribution in [1.29, 1.82) is 0 Å². The standard InChI is InChI=1S/C13H23N3O3/c1-4-5-11-15-12(19-16-11)8-17-7-10-6-14-9-13(2,3)18-10/h10,14H,4-9H2,1-3H3. The second-order valence-corrected chi connectivity index (χ2v) is 5.50. The lowest BCUT2D eigenvalue weighted by Gasteiger charge is -2.36. The normalized spacial score (nSPS) is 22.6. The number of rotatable bonds is 6. The average molecular weight is 269 g/mol. The number of hydrogen-bond acceptors (Lipinski definition) is 6. The highest BCUT2D eigenvalue weighted by Crippen LogP contribution is 2.15. The van der Waals surface area contributed by atoms with Gasteiger partial charge in [0.2, 0.25) is 0 Å². The fourth-order valence-electron chi connectivity index (χ4n) is 2.11. The van der Waals surface area contributed by atoms with Crippen LogP contribution in [-0.2, 0) is 22.5 Å². The summed E-state index contributed by atoms with van der Waals surface area (Å²) in [6.45, 7) is 8.78. The molecule has 1 unspecified atom stereocenters. The predicted molar refractivity (Wildman–Crippen MR) is 69.8 cm³/mol. The number of hydrogen-bond donors (Lipinski definition) is 1. The molecular weight excluding hydrogens is 246 g/mol. The molecule has 0 aromatic carbocycles. The third kappa shape index (κ3) is 4.56. The Hall–Kier alpha value is -0.980. The van der Waals surface area contributed by atoms with Crippen molar-refractivity contribution in [3.63, 3.8) is 0 Å². The summed E-state index contributed by atoms with van der Waals surface area (Å²) in [7, 11) is 0. The number of morpholine rings is 1. The summed E-state index contributed by atoms with van der Waals surface area (Å²) in [6, 6.07) is 0. The second kappa shape index (κ2) is 6.45. The van der Waals surface area contributed by atoms with E-state index in [-0.39, 0.29) is 11.7 Å². The lowest BCUT2D eigenvalue weighted by Crippen LogP contribution is -2.51. The monoisotopic (exact) mass is 269 g/mol. The number of nitrogens with one attached hydrogen (secondary N) is 1. The molecule has 2 heterocycles. The minimum absolute atomic E-state index is 0.0711. The molecule has 1 N–H and O–H groups in total. The van der Waals surface area contributed by atoms with E-state index >= 15 is 0 Å². The summed E-state index contributed by atoms with van der Waals surface area (Å²) in [5.74, 6) is 1.28. The molecule has 19 heavy (non-hydrogen) atoms. The summed E-state index contributed by atoms with van der Waals surface area (Å²) >= 11 is 0. The van der Waals surface area contributed by atoms with E-state index in [9.17, 15) is 0 Å². The van der Waals surface area contributed by atoms with Crippen LogP contribution in [0.1, 0.15) is 38.9 Å². The Morgan fingerprint density at radius 2 is 2.32 bits per heavy atom. The summed E-state index contributed by atoms with van der Waals surface area (Å²) in [5.41, 5.74) is -0.134. The van der Waals surface area contributed by atoms with Crippen LogP contribution in [0.2, 0.25) is 0 Å². The van der Waals surface area contributed by atoms with Gasteiger partial charge in [-0.2, -0.15) is 4.98 Å². The van der Waals surface area contributed by atoms with Crippen molar-refractivity contribution < 1.29 is 14.0 Å². The Morgan fingerprint density at radius 3 is 3.05 bits per heavy atom. The van der Waals surface area contributed by atoms with Crippen LogP contribution in [0.3, 0.4) is 0 Å². The van der Waals surface area contributed by atoms with Gasteiger partial charge in [0.05, 0.1) is 18.3 Å². The first kappa shape index (κ1) is 14.4. The number of nitrogens with zero attached hydrogens (tertiary/aromatic N) is 2. The zero-order valence-corrected chi connectivity index (χ0v) is 11.9. The molecule has 1 fully saturated rings. The zero-order valence-electron chi connectivity index (χ0n) is 11.9. The van der Waals surface area contributed by atoms with Crippen molar-refractivity contribution in [3.05, 3.63) is 11.7 Å². The maximum atomic E-state index is 5.90. The van der Waals surface area contributed by atoms with Crippen LogP contribution in [0, 0.1) is 0 Å². The first-order valence-electron chi connectivity index (χ1n) is 6.87. The molecule has 0 saturated carbocycles. The van der Waals surface area contributed by atoms with Crippen LogP contribution < -0.4 is 5.32 Å².